The molecule has 0 aromatic carbocycles. The van der Waals surface area contributed by atoms with Crippen LogP contribution in [-0.4, -0.2) is 16.6 Å². The Morgan fingerprint density at radius 2 is 2.33 bits per heavy atom. The third-order valence-electron chi connectivity index (χ3n) is 1.12. The SMILES string of the molecule is Cc1cccnc1C#N.O=CO. The summed E-state index contributed by atoms with van der Waals surface area (Å²) < 4.78 is 0. The molecule has 0 saturated heterocycles. The molecule has 1 aromatic heterocycles. The molecule has 1 aromatic rings. The normalized spacial score (nSPS) is 7.33. The third kappa shape index (κ3) is 3.32. The van der Waals surface area contributed by atoms with Crippen LogP contribution in [0, 0.1) is 18.3 Å². The van der Waals surface area contributed by atoms with Crippen molar-refractivity contribution in [1.82, 2.24) is 4.98 Å². The van der Waals surface area contributed by atoms with E-state index in [-0.39, 0.29) is 6.47 Å². The molecule has 0 saturated carbocycles. The minimum atomic E-state index is -0.250. The van der Waals surface area contributed by atoms with Gasteiger partial charge in [-0.2, -0.15) is 5.26 Å². The van der Waals surface area contributed by atoms with E-state index in [4.69, 9.17) is 15.2 Å². The first kappa shape index (κ1) is 10.1. The Hall–Kier alpha value is -1.89. The lowest BCUT2D eigenvalue weighted by molar-refractivity contribution is -0.122. The van der Waals surface area contributed by atoms with E-state index in [0.29, 0.717) is 5.69 Å². The Kier molecular flexibility index (Phi) is 4.94. The molecule has 0 amide bonds. The fourth-order valence-corrected chi connectivity index (χ4v) is 0.603. The summed E-state index contributed by atoms with van der Waals surface area (Å²) in [4.78, 5) is 12.2. The maximum absolute atomic E-state index is 8.41. The van der Waals surface area contributed by atoms with Gasteiger partial charge in [-0.05, 0) is 18.6 Å². The van der Waals surface area contributed by atoms with Gasteiger partial charge in [-0.15, -0.1) is 0 Å². The first-order chi connectivity index (χ1) is 5.76. The van der Waals surface area contributed by atoms with Gasteiger partial charge < -0.3 is 5.11 Å². The Labute approximate surface area is 70.1 Å². The van der Waals surface area contributed by atoms with Crippen molar-refractivity contribution in [2.24, 2.45) is 0 Å². The third-order valence-corrected chi connectivity index (χ3v) is 1.12. The van der Waals surface area contributed by atoms with E-state index < -0.39 is 0 Å². The quantitative estimate of drug-likeness (QED) is 0.579. The van der Waals surface area contributed by atoms with Gasteiger partial charge in [-0.1, -0.05) is 6.07 Å². The highest BCUT2D eigenvalue weighted by Gasteiger charge is 1.91. The minimum absolute atomic E-state index is 0.250. The van der Waals surface area contributed by atoms with Gasteiger partial charge in [0.2, 0.25) is 0 Å². The molecule has 12 heavy (non-hydrogen) atoms. The van der Waals surface area contributed by atoms with E-state index in [9.17, 15) is 0 Å². The summed E-state index contributed by atoms with van der Waals surface area (Å²) in [6.07, 6.45) is 1.62. The Morgan fingerprint density at radius 3 is 2.67 bits per heavy atom. The monoisotopic (exact) mass is 164 g/mol. The summed E-state index contributed by atoms with van der Waals surface area (Å²) in [5.74, 6) is 0. The van der Waals surface area contributed by atoms with Crippen molar-refractivity contribution in [3.05, 3.63) is 29.6 Å². The molecule has 0 atom stereocenters. The zero-order valence-corrected chi connectivity index (χ0v) is 6.56. The maximum atomic E-state index is 8.41. The number of nitriles is 1. The lowest BCUT2D eigenvalue weighted by Crippen LogP contribution is -1.83. The number of aromatic nitrogens is 1. The Morgan fingerprint density at radius 1 is 1.75 bits per heavy atom. The highest BCUT2D eigenvalue weighted by molar-refractivity contribution is 5.32. The highest BCUT2D eigenvalue weighted by Crippen LogP contribution is 1.99. The number of aryl methyl sites for hydroxylation is 1. The fourth-order valence-electron chi connectivity index (χ4n) is 0.603. The summed E-state index contributed by atoms with van der Waals surface area (Å²) in [5.41, 5.74) is 1.44. The number of hydrogen-bond donors (Lipinski definition) is 1. The standard InChI is InChI=1S/C7H6N2.CH2O2/c1-6-3-2-4-9-7(6)5-8;2-1-3/h2-4H,1H3;1H,(H,2,3). The van der Waals surface area contributed by atoms with Gasteiger partial charge in [0.25, 0.3) is 6.47 Å². The van der Waals surface area contributed by atoms with E-state index in [1.54, 1.807) is 6.20 Å². The van der Waals surface area contributed by atoms with Crippen LogP contribution in [0.25, 0.3) is 0 Å². The molecule has 0 radical (unpaired) electrons. The molecule has 0 aliphatic rings. The van der Waals surface area contributed by atoms with E-state index in [0.717, 1.165) is 5.56 Å². The molecular formula is C8H8N2O2. The molecule has 0 bridgehead atoms. The molecule has 0 spiro atoms. The van der Waals surface area contributed by atoms with Gasteiger partial charge >= 0.3 is 0 Å². The van der Waals surface area contributed by atoms with E-state index in [2.05, 4.69) is 4.98 Å². The van der Waals surface area contributed by atoms with Crippen molar-refractivity contribution < 1.29 is 9.90 Å². The highest BCUT2D eigenvalue weighted by atomic mass is 16.3. The summed E-state index contributed by atoms with van der Waals surface area (Å²) in [6.45, 7) is 1.62. The second-order valence-electron chi connectivity index (χ2n) is 1.89. The smallest absolute Gasteiger partial charge is 0.290 e. The zero-order valence-electron chi connectivity index (χ0n) is 6.56. The number of rotatable bonds is 0. The van der Waals surface area contributed by atoms with Crippen LogP contribution >= 0.6 is 0 Å². The minimum Gasteiger partial charge on any atom is -0.483 e. The van der Waals surface area contributed by atoms with Crippen LogP contribution in [0.15, 0.2) is 18.3 Å². The van der Waals surface area contributed by atoms with E-state index in [1.807, 2.05) is 25.1 Å². The molecule has 1 N–H and O–H groups in total. The van der Waals surface area contributed by atoms with Crippen LogP contribution < -0.4 is 0 Å². The van der Waals surface area contributed by atoms with Crippen LogP contribution in [0.3, 0.4) is 0 Å². The molecule has 0 unspecified atom stereocenters. The van der Waals surface area contributed by atoms with Crippen molar-refractivity contribution >= 4 is 6.47 Å². The maximum Gasteiger partial charge on any atom is 0.290 e. The number of pyridine rings is 1. The molecule has 0 aliphatic heterocycles. The van der Waals surface area contributed by atoms with Gasteiger partial charge in [-0.3, -0.25) is 4.79 Å². The first-order valence-electron chi connectivity index (χ1n) is 3.15. The molecule has 1 heterocycles. The van der Waals surface area contributed by atoms with Crippen molar-refractivity contribution in [3.63, 3.8) is 0 Å². The van der Waals surface area contributed by atoms with Gasteiger partial charge in [0.15, 0.2) is 0 Å². The molecule has 62 valence electrons. The summed E-state index contributed by atoms with van der Waals surface area (Å²) in [6, 6.07) is 5.67. The number of carboxylic acid groups (broad SMARTS) is 1. The van der Waals surface area contributed by atoms with Gasteiger partial charge in [0.05, 0.1) is 0 Å². The fraction of sp³-hybridized carbons (Fsp3) is 0.125. The number of nitrogens with zero attached hydrogens (tertiary/aromatic N) is 2. The number of carbonyl (C=O) groups is 1. The predicted octanol–water partition coefficient (Wildman–Crippen LogP) is 0.963. The molecule has 0 aliphatic carbocycles. The summed E-state index contributed by atoms with van der Waals surface area (Å²) >= 11 is 0. The lowest BCUT2D eigenvalue weighted by Gasteiger charge is -1.89. The Balaban J connectivity index is 0.000000354. The van der Waals surface area contributed by atoms with Crippen LogP contribution in [0.5, 0.6) is 0 Å². The second-order valence-corrected chi connectivity index (χ2v) is 1.89. The summed E-state index contributed by atoms with van der Waals surface area (Å²) in [7, 11) is 0. The Bertz CT molecular complexity index is 291. The lowest BCUT2D eigenvalue weighted by atomic mass is 10.2. The molecule has 1 rings (SSSR count). The van der Waals surface area contributed by atoms with E-state index in [1.165, 1.54) is 0 Å². The van der Waals surface area contributed by atoms with Crippen molar-refractivity contribution in [2.45, 2.75) is 6.92 Å². The van der Waals surface area contributed by atoms with Gasteiger partial charge in [0.1, 0.15) is 11.8 Å². The molecule has 4 nitrogen and oxygen atoms in total. The first-order valence-corrected chi connectivity index (χ1v) is 3.15. The largest absolute Gasteiger partial charge is 0.483 e. The van der Waals surface area contributed by atoms with Gasteiger partial charge in [0, 0.05) is 6.20 Å². The predicted molar refractivity (Wildman–Crippen MR) is 42.4 cm³/mol. The topological polar surface area (TPSA) is 74.0 Å². The summed E-state index contributed by atoms with van der Waals surface area (Å²) in [5, 5.41) is 15.3. The van der Waals surface area contributed by atoms with Crippen LogP contribution in [-0.2, 0) is 4.79 Å². The van der Waals surface area contributed by atoms with Crippen LogP contribution in [0.1, 0.15) is 11.3 Å². The molecule has 0 fully saturated rings. The van der Waals surface area contributed by atoms with Crippen LogP contribution in [0.4, 0.5) is 0 Å². The molecular weight excluding hydrogens is 156 g/mol. The van der Waals surface area contributed by atoms with Gasteiger partial charge in [-0.25, -0.2) is 4.98 Å². The van der Waals surface area contributed by atoms with Crippen molar-refractivity contribution in [2.75, 3.05) is 0 Å². The zero-order chi connectivity index (χ0) is 9.40. The van der Waals surface area contributed by atoms with E-state index >= 15 is 0 Å². The van der Waals surface area contributed by atoms with Crippen molar-refractivity contribution in [3.8, 4) is 6.07 Å². The average molecular weight is 164 g/mol. The van der Waals surface area contributed by atoms with Crippen molar-refractivity contribution in [1.29, 1.82) is 5.26 Å². The second kappa shape index (κ2) is 5.86. The molecule has 4 heteroatoms. The van der Waals surface area contributed by atoms with Crippen LogP contribution in [0.2, 0.25) is 0 Å². The number of hydrogen-bond acceptors (Lipinski definition) is 3. The average Bonchev–Trinajstić information content (AvgIpc) is 2.07.